The third kappa shape index (κ3) is 3.12. The van der Waals surface area contributed by atoms with E-state index in [0.29, 0.717) is 26.2 Å². The van der Waals surface area contributed by atoms with Gasteiger partial charge in [-0.15, -0.1) is 0 Å². The van der Waals surface area contributed by atoms with Gasteiger partial charge in [-0.3, -0.25) is 9.59 Å². The molecule has 1 aliphatic heterocycles. The summed E-state index contributed by atoms with van der Waals surface area (Å²) < 4.78 is 0. The molecule has 1 aromatic carbocycles. The molecule has 1 aliphatic rings. The van der Waals surface area contributed by atoms with Gasteiger partial charge in [-0.2, -0.15) is 0 Å². The molecule has 1 fully saturated rings. The van der Waals surface area contributed by atoms with E-state index < -0.39 is 0 Å². The molecule has 0 spiro atoms. The molecule has 0 aromatic heterocycles. The van der Waals surface area contributed by atoms with Gasteiger partial charge in [0, 0.05) is 40.0 Å². The summed E-state index contributed by atoms with van der Waals surface area (Å²) in [6.07, 6.45) is 0. The fourth-order valence-electron chi connectivity index (χ4n) is 2.32. The minimum absolute atomic E-state index is 0.0116. The largest absolute Gasteiger partial charge is 0.340 e. The highest BCUT2D eigenvalue weighted by molar-refractivity contribution is 5.90. The van der Waals surface area contributed by atoms with Crippen LogP contribution in [-0.2, 0) is 9.59 Å². The second-order valence-electron chi connectivity index (χ2n) is 4.63. The topological polar surface area (TPSA) is 43.9 Å². The van der Waals surface area contributed by atoms with Crippen LogP contribution in [-0.4, -0.2) is 47.9 Å². The first-order chi connectivity index (χ1) is 9.09. The average Bonchev–Trinajstić information content (AvgIpc) is 2.40. The van der Waals surface area contributed by atoms with Crippen molar-refractivity contribution < 1.29 is 9.59 Å². The number of nitrogens with zero attached hydrogens (tertiary/aromatic N) is 3. The maximum atomic E-state index is 11.9. The first kappa shape index (κ1) is 13.5. The maximum absolute atomic E-state index is 11.9. The Morgan fingerprint density at radius 1 is 1.00 bits per heavy atom. The first-order valence-corrected chi connectivity index (χ1v) is 6.45. The molecule has 0 atom stereocenters. The highest BCUT2D eigenvalue weighted by Crippen LogP contribution is 2.17. The Hall–Kier alpha value is -1.88. The van der Waals surface area contributed by atoms with Crippen LogP contribution in [0.4, 0.5) is 5.69 Å². The van der Waals surface area contributed by atoms with Gasteiger partial charge in [0.15, 0.2) is 0 Å². The summed E-state index contributed by atoms with van der Waals surface area (Å²) in [7, 11) is 0. The van der Waals surface area contributed by atoms with Crippen molar-refractivity contribution in [1.29, 1.82) is 0 Å². The summed E-state index contributed by atoms with van der Waals surface area (Å²) in [6.45, 7) is 5.81. The van der Waals surface area contributed by atoms with Crippen LogP contribution in [0.1, 0.15) is 13.8 Å². The van der Waals surface area contributed by atoms with Gasteiger partial charge in [-0.05, 0) is 12.1 Å². The van der Waals surface area contributed by atoms with Crippen LogP contribution in [0.3, 0.4) is 0 Å². The lowest BCUT2D eigenvalue weighted by molar-refractivity contribution is -0.131. The minimum atomic E-state index is -0.0116. The molecule has 1 heterocycles. The van der Waals surface area contributed by atoms with E-state index in [0.717, 1.165) is 5.69 Å². The summed E-state index contributed by atoms with van der Waals surface area (Å²) in [4.78, 5) is 25.0. The minimum Gasteiger partial charge on any atom is -0.340 e. The van der Waals surface area contributed by atoms with Crippen molar-refractivity contribution in [3.63, 3.8) is 0 Å². The molecule has 0 N–H and O–H groups in total. The molecule has 2 rings (SSSR count). The lowest BCUT2D eigenvalue weighted by Gasteiger charge is -2.40. The summed E-state index contributed by atoms with van der Waals surface area (Å²) in [5.41, 5.74) is 0.867. The fraction of sp³-hybridized carbons (Fsp3) is 0.429. The van der Waals surface area contributed by atoms with Crippen molar-refractivity contribution in [1.82, 2.24) is 9.91 Å². The maximum Gasteiger partial charge on any atom is 0.238 e. The van der Waals surface area contributed by atoms with Gasteiger partial charge in [0.2, 0.25) is 11.8 Å². The molecule has 0 aliphatic carbocycles. The van der Waals surface area contributed by atoms with Crippen LogP contribution in [0.2, 0.25) is 0 Å². The van der Waals surface area contributed by atoms with E-state index in [-0.39, 0.29) is 11.8 Å². The second kappa shape index (κ2) is 5.84. The quantitative estimate of drug-likeness (QED) is 0.801. The number of piperazine rings is 1. The number of carbonyl (C=O) groups excluding carboxylic acids is 2. The van der Waals surface area contributed by atoms with Crippen molar-refractivity contribution >= 4 is 17.5 Å². The molecular weight excluding hydrogens is 242 g/mol. The predicted molar refractivity (Wildman–Crippen MR) is 73.4 cm³/mol. The third-order valence-corrected chi connectivity index (χ3v) is 3.28. The van der Waals surface area contributed by atoms with E-state index in [4.69, 9.17) is 0 Å². The number of rotatable bonds is 2. The van der Waals surface area contributed by atoms with Crippen LogP contribution in [0.15, 0.2) is 30.3 Å². The molecule has 5 heteroatoms. The van der Waals surface area contributed by atoms with E-state index in [1.165, 1.54) is 0 Å². The zero-order valence-electron chi connectivity index (χ0n) is 11.4. The van der Waals surface area contributed by atoms with Gasteiger partial charge in [0.25, 0.3) is 0 Å². The van der Waals surface area contributed by atoms with Crippen molar-refractivity contribution in [2.24, 2.45) is 0 Å². The molecule has 0 saturated carbocycles. The highest BCUT2D eigenvalue weighted by atomic mass is 16.2. The molecule has 1 aromatic rings. The smallest absolute Gasteiger partial charge is 0.238 e. The van der Waals surface area contributed by atoms with Gasteiger partial charge in [0.05, 0.1) is 5.69 Å². The molecule has 0 bridgehead atoms. The molecular formula is C14H19N3O2. The van der Waals surface area contributed by atoms with E-state index in [1.54, 1.807) is 23.8 Å². The summed E-state index contributed by atoms with van der Waals surface area (Å²) >= 11 is 0. The monoisotopic (exact) mass is 261 g/mol. The zero-order valence-corrected chi connectivity index (χ0v) is 11.4. The standard InChI is InChI=1S/C14H19N3O2/c1-12(18)15-8-10-16(11-9-15)17(13(2)19)14-6-4-3-5-7-14/h3-7H,8-11H2,1-2H3. The molecule has 2 amide bonds. The van der Waals surface area contributed by atoms with E-state index in [2.05, 4.69) is 0 Å². The van der Waals surface area contributed by atoms with E-state index in [9.17, 15) is 9.59 Å². The molecule has 0 radical (unpaired) electrons. The van der Waals surface area contributed by atoms with Crippen molar-refractivity contribution in [2.75, 3.05) is 31.2 Å². The Bertz CT molecular complexity index is 453. The highest BCUT2D eigenvalue weighted by Gasteiger charge is 2.25. The van der Waals surface area contributed by atoms with Gasteiger partial charge in [-0.1, -0.05) is 18.2 Å². The van der Waals surface area contributed by atoms with Gasteiger partial charge < -0.3 is 4.90 Å². The lowest BCUT2D eigenvalue weighted by Crippen LogP contribution is -2.56. The number of amides is 2. The number of benzene rings is 1. The Kier molecular flexibility index (Phi) is 4.16. The van der Waals surface area contributed by atoms with Crippen LogP contribution in [0.25, 0.3) is 0 Å². The van der Waals surface area contributed by atoms with Crippen LogP contribution < -0.4 is 5.01 Å². The van der Waals surface area contributed by atoms with Crippen LogP contribution >= 0.6 is 0 Å². The summed E-state index contributed by atoms with van der Waals surface area (Å²) in [5, 5.41) is 3.69. The van der Waals surface area contributed by atoms with Crippen LogP contribution in [0, 0.1) is 0 Å². The average molecular weight is 261 g/mol. The number of hydrogen-bond donors (Lipinski definition) is 0. The number of para-hydroxylation sites is 1. The molecule has 0 unspecified atom stereocenters. The van der Waals surface area contributed by atoms with E-state index in [1.807, 2.05) is 35.3 Å². The number of carbonyl (C=O) groups is 2. The number of hydrogen-bond acceptors (Lipinski definition) is 3. The normalized spacial score (nSPS) is 16.2. The lowest BCUT2D eigenvalue weighted by atomic mass is 10.3. The Labute approximate surface area is 113 Å². The molecule has 5 nitrogen and oxygen atoms in total. The third-order valence-electron chi connectivity index (χ3n) is 3.28. The van der Waals surface area contributed by atoms with Gasteiger partial charge in [-0.25, -0.2) is 10.0 Å². The van der Waals surface area contributed by atoms with Crippen molar-refractivity contribution in [2.45, 2.75) is 13.8 Å². The molecule has 1 saturated heterocycles. The Balaban J connectivity index is 2.10. The van der Waals surface area contributed by atoms with Gasteiger partial charge in [0.1, 0.15) is 0 Å². The van der Waals surface area contributed by atoms with Crippen LogP contribution in [0.5, 0.6) is 0 Å². The summed E-state index contributed by atoms with van der Waals surface area (Å²) in [5.74, 6) is 0.0798. The van der Waals surface area contributed by atoms with Crippen molar-refractivity contribution in [3.05, 3.63) is 30.3 Å². The predicted octanol–water partition coefficient (Wildman–Crippen LogP) is 1.12. The number of anilines is 1. The number of hydrazine groups is 1. The summed E-state index contributed by atoms with van der Waals surface area (Å²) in [6, 6.07) is 9.58. The van der Waals surface area contributed by atoms with E-state index >= 15 is 0 Å². The Morgan fingerprint density at radius 3 is 2.05 bits per heavy atom. The second-order valence-corrected chi connectivity index (χ2v) is 4.63. The SMILES string of the molecule is CC(=O)N1CCN(N(C(C)=O)c2ccccc2)CC1. The fourth-order valence-corrected chi connectivity index (χ4v) is 2.32. The zero-order chi connectivity index (χ0) is 13.8. The van der Waals surface area contributed by atoms with Gasteiger partial charge >= 0.3 is 0 Å². The first-order valence-electron chi connectivity index (χ1n) is 6.45. The van der Waals surface area contributed by atoms with Crippen molar-refractivity contribution in [3.8, 4) is 0 Å². The molecule has 19 heavy (non-hydrogen) atoms. The Morgan fingerprint density at radius 2 is 1.58 bits per heavy atom. The molecule has 102 valence electrons.